The molecule has 0 spiro atoms. The van der Waals surface area contributed by atoms with Gasteiger partial charge in [-0.05, 0) is 55.5 Å². The van der Waals surface area contributed by atoms with Crippen LogP contribution in [0.1, 0.15) is 53.4 Å². The van der Waals surface area contributed by atoms with Gasteiger partial charge in [-0.25, -0.2) is 4.98 Å². The summed E-state index contributed by atoms with van der Waals surface area (Å²) in [6.07, 6.45) is 1.08. The van der Waals surface area contributed by atoms with Crippen LogP contribution >= 0.6 is 11.3 Å². The van der Waals surface area contributed by atoms with Crippen molar-refractivity contribution in [3.05, 3.63) is 59.2 Å². The van der Waals surface area contributed by atoms with E-state index in [-0.39, 0.29) is 34.7 Å². The predicted octanol–water partition coefficient (Wildman–Crippen LogP) is 3.82. The molecule has 0 saturated carbocycles. The second-order valence-electron chi connectivity index (χ2n) is 10.7. The smallest absolute Gasteiger partial charge is 0.268 e. The number of carbonyl (C=O) groups excluding carboxylic acids is 4. The second kappa shape index (κ2) is 12.1. The number of para-hydroxylation sites is 1. The van der Waals surface area contributed by atoms with Crippen molar-refractivity contribution in [2.24, 2.45) is 11.8 Å². The van der Waals surface area contributed by atoms with E-state index in [0.717, 1.165) is 15.6 Å². The Bertz CT molecular complexity index is 1580. The van der Waals surface area contributed by atoms with Gasteiger partial charge in [0, 0.05) is 23.4 Å². The third kappa shape index (κ3) is 6.25. The number of benzene rings is 2. The van der Waals surface area contributed by atoms with Gasteiger partial charge in [-0.15, -0.1) is 11.3 Å². The number of nitrogens with one attached hydrogen (secondary N) is 4. The highest BCUT2D eigenvalue weighted by Crippen LogP contribution is 2.27. The lowest BCUT2D eigenvalue weighted by Gasteiger charge is -2.24. The molecule has 0 radical (unpaired) electrons. The van der Waals surface area contributed by atoms with E-state index in [2.05, 4.69) is 25.9 Å². The van der Waals surface area contributed by atoms with Crippen LogP contribution in [0.2, 0.25) is 0 Å². The number of ether oxygens (including phenoxy) is 1. The normalized spacial score (nSPS) is 16.5. The number of amides is 3. The molecule has 1 saturated heterocycles. The lowest BCUT2D eigenvalue weighted by Crippen LogP contribution is -2.52. The molecule has 3 amide bonds. The summed E-state index contributed by atoms with van der Waals surface area (Å²) in [5, 5.41) is 9.53. The quantitative estimate of drug-likeness (QED) is 0.200. The fourth-order valence-corrected chi connectivity index (χ4v) is 6.11. The molecule has 4 N–H and O–H groups in total. The molecule has 0 bridgehead atoms. The van der Waals surface area contributed by atoms with Crippen LogP contribution in [-0.4, -0.2) is 59.2 Å². The lowest BCUT2D eigenvalue weighted by molar-refractivity contribution is -0.125. The van der Waals surface area contributed by atoms with E-state index < -0.39 is 29.8 Å². The highest BCUT2D eigenvalue weighted by Gasteiger charge is 2.35. The van der Waals surface area contributed by atoms with Gasteiger partial charge in [0.25, 0.3) is 5.91 Å². The number of Topliss-reactive ketones (excluding diaryl/α,β-unsaturated/α-hetero) is 1. The fourth-order valence-electron chi connectivity index (χ4n) is 5.15. The van der Waals surface area contributed by atoms with Crippen LogP contribution in [0.15, 0.2) is 48.5 Å². The van der Waals surface area contributed by atoms with Gasteiger partial charge in [0.2, 0.25) is 17.6 Å². The summed E-state index contributed by atoms with van der Waals surface area (Å²) < 4.78 is 6.26. The second-order valence-corrected chi connectivity index (χ2v) is 11.7. The molecule has 2 aromatic carbocycles. The van der Waals surface area contributed by atoms with E-state index >= 15 is 0 Å². The maximum absolute atomic E-state index is 13.7. The SMILES string of the molecule is COc1cccc2[nH]c(C(=O)NC(CC(C)C)C(=O)N[C@@H](C[C@@H]3CCNC3=O)C(=O)c3nc4ccccc4s3)cc12. The Morgan fingerprint density at radius 1 is 1.10 bits per heavy atom. The van der Waals surface area contributed by atoms with Crippen molar-refractivity contribution in [2.75, 3.05) is 13.7 Å². The van der Waals surface area contributed by atoms with Crippen LogP contribution in [0.5, 0.6) is 5.75 Å². The summed E-state index contributed by atoms with van der Waals surface area (Å²) in [5.41, 5.74) is 1.72. The first-order valence-corrected chi connectivity index (χ1v) is 14.5. The van der Waals surface area contributed by atoms with Crippen LogP contribution in [0.3, 0.4) is 0 Å². The Balaban J connectivity index is 1.38. The van der Waals surface area contributed by atoms with Gasteiger partial charge in [0.15, 0.2) is 5.01 Å². The Labute approximate surface area is 241 Å². The van der Waals surface area contributed by atoms with E-state index in [0.29, 0.717) is 30.7 Å². The Morgan fingerprint density at radius 3 is 2.61 bits per heavy atom. The number of aromatic amines is 1. The van der Waals surface area contributed by atoms with Crippen LogP contribution in [0.25, 0.3) is 21.1 Å². The zero-order chi connectivity index (χ0) is 29.1. The Kier molecular flexibility index (Phi) is 8.34. The monoisotopic (exact) mass is 575 g/mol. The molecular weight excluding hydrogens is 542 g/mol. The largest absolute Gasteiger partial charge is 0.496 e. The minimum atomic E-state index is -0.971. The standard InChI is InChI=1S/C30H33N5O5S/c1-16(2)13-22(34-29(39)23-15-18-19(32-23)8-6-9-24(18)40-3)28(38)33-21(14-17-11-12-31-27(17)37)26(36)30-35-20-7-4-5-10-25(20)41-30/h4-10,15-17,21-22,32H,11-14H2,1-3H3,(H,31,37)(H,33,38)(H,34,39)/t17-,21-,22?/m0/s1. The molecule has 214 valence electrons. The molecule has 11 heteroatoms. The van der Waals surface area contributed by atoms with Gasteiger partial charge in [-0.2, -0.15) is 0 Å². The maximum Gasteiger partial charge on any atom is 0.268 e. The van der Waals surface area contributed by atoms with Crippen molar-refractivity contribution in [1.82, 2.24) is 25.9 Å². The van der Waals surface area contributed by atoms with Crippen molar-refractivity contribution in [1.29, 1.82) is 0 Å². The third-order valence-electron chi connectivity index (χ3n) is 7.24. The summed E-state index contributed by atoms with van der Waals surface area (Å²) in [5.74, 6) is -1.13. The van der Waals surface area contributed by atoms with E-state index in [9.17, 15) is 19.2 Å². The topological polar surface area (TPSA) is 142 Å². The highest BCUT2D eigenvalue weighted by molar-refractivity contribution is 7.20. The molecule has 4 aromatic rings. The molecule has 2 aromatic heterocycles. The molecule has 10 nitrogen and oxygen atoms in total. The van der Waals surface area contributed by atoms with Gasteiger partial charge in [0.1, 0.15) is 17.5 Å². The number of fused-ring (bicyclic) bond motifs is 2. The summed E-state index contributed by atoms with van der Waals surface area (Å²) >= 11 is 1.25. The average Bonchev–Trinajstić information content (AvgIpc) is 3.69. The molecular formula is C30H33N5O5S. The summed E-state index contributed by atoms with van der Waals surface area (Å²) in [6, 6.07) is 12.7. The summed E-state index contributed by atoms with van der Waals surface area (Å²) in [4.78, 5) is 60.6. The van der Waals surface area contributed by atoms with Crippen molar-refractivity contribution < 1.29 is 23.9 Å². The van der Waals surface area contributed by atoms with E-state index in [1.54, 1.807) is 19.2 Å². The number of rotatable bonds is 11. The molecule has 5 rings (SSSR count). The molecule has 0 aliphatic carbocycles. The van der Waals surface area contributed by atoms with E-state index in [1.165, 1.54) is 11.3 Å². The fraction of sp³-hybridized carbons (Fsp3) is 0.367. The zero-order valence-corrected chi connectivity index (χ0v) is 24.0. The molecule has 1 unspecified atom stereocenters. The number of H-pyrrole nitrogens is 1. The Hall–Kier alpha value is -4.25. The predicted molar refractivity (Wildman–Crippen MR) is 157 cm³/mol. The van der Waals surface area contributed by atoms with Gasteiger partial charge in [-0.1, -0.05) is 32.0 Å². The van der Waals surface area contributed by atoms with Crippen molar-refractivity contribution in [3.63, 3.8) is 0 Å². The Morgan fingerprint density at radius 2 is 1.90 bits per heavy atom. The van der Waals surface area contributed by atoms with Gasteiger partial charge < -0.3 is 25.7 Å². The number of methoxy groups -OCH3 is 1. The minimum Gasteiger partial charge on any atom is -0.496 e. The van der Waals surface area contributed by atoms with Gasteiger partial charge in [0.05, 0.1) is 23.4 Å². The summed E-state index contributed by atoms with van der Waals surface area (Å²) in [6.45, 7) is 4.43. The number of hydrogen-bond donors (Lipinski definition) is 4. The van der Waals surface area contributed by atoms with E-state index in [1.807, 2.05) is 50.2 Å². The maximum atomic E-state index is 13.7. The number of aromatic nitrogens is 2. The van der Waals surface area contributed by atoms with Crippen LogP contribution < -0.4 is 20.7 Å². The van der Waals surface area contributed by atoms with Crippen LogP contribution in [-0.2, 0) is 9.59 Å². The number of hydrogen-bond acceptors (Lipinski definition) is 7. The van der Waals surface area contributed by atoms with Gasteiger partial charge in [-0.3, -0.25) is 19.2 Å². The number of carbonyl (C=O) groups is 4. The highest BCUT2D eigenvalue weighted by atomic mass is 32.1. The van der Waals surface area contributed by atoms with Crippen molar-refractivity contribution in [2.45, 2.75) is 45.2 Å². The average molecular weight is 576 g/mol. The lowest BCUT2D eigenvalue weighted by atomic mass is 9.95. The number of ketones is 1. The molecule has 41 heavy (non-hydrogen) atoms. The van der Waals surface area contributed by atoms with Gasteiger partial charge >= 0.3 is 0 Å². The third-order valence-corrected chi connectivity index (χ3v) is 8.29. The summed E-state index contributed by atoms with van der Waals surface area (Å²) in [7, 11) is 1.56. The van der Waals surface area contributed by atoms with Crippen molar-refractivity contribution in [3.8, 4) is 5.75 Å². The van der Waals surface area contributed by atoms with E-state index in [4.69, 9.17) is 4.74 Å². The molecule has 3 heterocycles. The van der Waals surface area contributed by atoms with Crippen LogP contribution in [0.4, 0.5) is 0 Å². The zero-order valence-electron chi connectivity index (χ0n) is 23.2. The van der Waals surface area contributed by atoms with Crippen molar-refractivity contribution >= 4 is 56.0 Å². The first kappa shape index (κ1) is 28.3. The molecule has 1 fully saturated rings. The molecule has 1 aliphatic rings. The number of thiazole rings is 1. The first-order chi connectivity index (χ1) is 19.7. The first-order valence-electron chi connectivity index (χ1n) is 13.7. The number of nitrogens with zero attached hydrogens (tertiary/aromatic N) is 1. The minimum absolute atomic E-state index is 0.0767. The molecule has 1 aliphatic heterocycles. The molecule has 3 atom stereocenters. The van der Waals surface area contributed by atoms with Crippen LogP contribution in [0, 0.1) is 11.8 Å².